The number of rotatable bonds is 8. The van der Waals surface area contributed by atoms with Crippen LogP contribution in [0.4, 0.5) is 5.95 Å². The Morgan fingerprint density at radius 3 is 2.69 bits per heavy atom. The van der Waals surface area contributed by atoms with E-state index in [9.17, 15) is 9.59 Å². The van der Waals surface area contributed by atoms with E-state index in [0.717, 1.165) is 12.4 Å². The van der Waals surface area contributed by atoms with Gasteiger partial charge in [-0.3, -0.25) is 14.2 Å². The van der Waals surface area contributed by atoms with Gasteiger partial charge in [-0.15, -0.1) is 0 Å². The van der Waals surface area contributed by atoms with E-state index in [4.69, 9.17) is 4.74 Å². The van der Waals surface area contributed by atoms with Crippen LogP contribution in [0, 0.1) is 5.92 Å². The van der Waals surface area contributed by atoms with E-state index >= 15 is 0 Å². The zero-order valence-electron chi connectivity index (χ0n) is 16.0. The molecular formula is C21H21N5O3. The molecule has 0 aliphatic heterocycles. The number of benzene rings is 1. The Kier molecular flexibility index (Phi) is 5.33. The van der Waals surface area contributed by atoms with Crippen molar-refractivity contribution in [2.45, 2.75) is 12.8 Å². The number of ketones is 1. The molecule has 8 heteroatoms. The number of hydrogen-bond donors (Lipinski definition) is 1. The van der Waals surface area contributed by atoms with Crippen molar-refractivity contribution in [3.05, 3.63) is 64.8 Å². The lowest BCUT2D eigenvalue weighted by Crippen LogP contribution is -2.24. The Morgan fingerprint density at radius 2 is 2.00 bits per heavy atom. The molecule has 2 heterocycles. The molecule has 0 spiro atoms. The largest absolute Gasteiger partial charge is 0.493 e. The standard InChI is InChI=1S/C21H21N5O3/c1-26-20(28)10-18(17-8-9-22-13-24-17)25-21(26)23-11-19(27)15-4-6-16(7-5-15)29-12-14-2-3-14/h4-10,13-14H,2-3,11-12H2,1H3,(H,23,25). The molecule has 0 amide bonds. The first-order valence-corrected chi connectivity index (χ1v) is 9.44. The number of hydrogen-bond acceptors (Lipinski definition) is 7. The highest BCUT2D eigenvalue weighted by atomic mass is 16.5. The van der Waals surface area contributed by atoms with Crippen molar-refractivity contribution in [1.29, 1.82) is 0 Å². The summed E-state index contributed by atoms with van der Waals surface area (Å²) in [5.41, 5.74) is 1.27. The topological polar surface area (TPSA) is 99.0 Å². The van der Waals surface area contributed by atoms with Crippen LogP contribution >= 0.6 is 0 Å². The van der Waals surface area contributed by atoms with E-state index in [2.05, 4.69) is 20.3 Å². The smallest absolute Gasteiger partial charge is 0.255 e. The molecule has 148 valence electrons. The van der Waals surface area contributed by atoms with Crippen LogP contribution in [0.15, 0.2) is 53.7 Å². The van der Waals surface area contributed by atoms with Gasteiger partial charge in [-0.1, -0.05) is 0 Å². The van der Waals surface area contributed by atoms with E-state index in [-0.39, 0.29) is 17.9 Å². The van der Waals surface area contributed by atoms with Crippen LogP contribution in [0.25, 0.3) is 11.4 Å². The second kappa shape index (κ2) is 8.22. The molecule has 2 aromatic heterocycles. The quantitative estimate of drug-likeness (QED) is 0.588. The van der Waals surface area contributed by atoms with Crippen molar-refractivity contribution < 1.29 is 9.53 Å². The van der Waals surface area contributed by atoms with Crippen LogP contribution in [0.5, 0.6) is 5.75 Å². The number of nitrogens with zero attached hydrogens (tertiary/aromatic N) is 4. The van der Waals surface area contributed by atoms with Gasteiger partial charge in [0.25, 0.3) is 5.56 Å². The number of carbonyl (C=O) groups excluding carboxylic acids is 1. The van der Waals surface area contributed by atoms with Crippen LogP contribution in [0.3, 0.4) is 0 Å². The van der Waals surface area contributed by atoms with Crippen LogP contribution in [-0.2, 0) is 7.05 Å². The van der Waals surface area contributed by atoms with Crippen molar-refractivity contribution in [3.63, 3.8) is 0 Å². The molecule has 0 radical (unpaired) electrons. The highest BCUT2D eigenvalue weighted by molar-refractivity contribution is 5.98. The first kappa shape index (κ1) is 18.8. The fraction of sp³-hybridized carbons (Fsp3) is 0.286. The van der Waals surface area contributed by atoms with Gasteiger partial charge in [-0.25, -0.2) is 15.0 Å². The zero-order valence-corrected chi connectivity index (χ0v) is 16.0. The summed E-state index contributed by atoms with van der Waals surface area (Å²) in [7, 11) is 1.60. The fourth-order valence-electron chi connectivity index (χ4n) is 2.77. The molecule has 8 nitrogen and oxygen atoms in total. The second-order valence-electron chi connectivity index (χ2n) is 7.01. The normalized spacial score (nSPS) is 13.1. The van der Waals surface area contributed by atoms with Gasteiger partial charge in [-0.05, 0) is 49.1 Å². The Balaban J connectivity index is 1.43. The fourth-order valence-corrected chi connectivity index (χ4v) is 2.77. The number of aromatic nitrogens is 4. The van der Waals surface area contributed by atoms with Crippen LogP contribution in [0.2, 0.25) is 0 Å². The molecular weight excluding hydrogens is 370 g/mol. The van der Waals surface area contributed by atoms with Crippen LogP contribution in [0.1, 0.15) is 23.2 Å². The molecule has 0 unspecified atom stereocenters. The third kappa shape index (κ3) is 4.66. The first-order valence-electron chi connectivity index (χ1n) is 9.44. The first-order chi connectivity index (χ1) is 14.1. The van der Waals surface area contributed by atoms with Crippen molar-refractivity contribution >= 4 is 11.7 Å². The van der Waals surface area contributed by atoms with Crippen molar-refractivity contribution in [1.82, 2.24) is 19.5 Å². The van der Waals surface area contributed by atoms with Gasteiger partial charge < -0.3 is 10.1 Å². The molecule has 4 rings (SSSR count). The Hall–Kier alpha value is -3.55. The molecule has 1 fully saturated rings. The lowest BCUT2D eigenvalue weighted by atomic mass is 10.1. The maximum atomic E-state index is 12.5. The molecule has 1 aliphatic carbocycles. The average molecular weight is 391 g/mol. The molecule has 0 saturated heterocycles. The lowest BCUT2D eigenvalue weighted by molar-refractivity contribution is 0.101. The number of nitrogens with one attached hydrogen (secondary N) is 1. The molecule has 0 bridgehead atoms. The number of anilines is 1. The molecule has 1 aromatic carbocycles. The van der Waals surface area contributed by atoms with Gasteiger partial charge in [0, 0.05) is 24.9 Å². The third-order valence-corrected chi connectivity index (χ3v) is 4.75. The van der Waals surface area contributed by atoms with Crippen molar-refractivity contribution in [2.75, 3.05) is 18.5 Å². The Labute approximate surface area is 167 Å². The van der Waals surface area contributed by atoms with E-state index in [1.807, 2.05) is 0 Å². The summed E-state index contributed by atoms with van der Waals surface area (Å²) in [6.45, 7) is 0.743. The van der Waals surface area contributed by atoms with Gasteiger partial charge >= 0.3 is 0 Å². The third-order valence-electron chi connectivity index (χ3n) is 4.75. The maximum Gasteiger partial charge on any atom is 0.255 e. The highest BCUT2D eigenvalue weighted by Gasteiger charge is 2.21. The molecule has 0 atom stereocenters. The van der Waals surface area contributed by atoms with Crippen LogP contribution in [-0.4, -0.2) is 38.5 Å². The molecule has 29 heavy (non-hydrogen) atoms. The van der Waals surface area contributed by atoms with Gasteiger partial charge in [0.2, 0.25) is 5.95 Å². The number of ether oxygens (including phenoxy) is 1. The van der Waals surface area contributed by atoms with Gasteiger partial charge in [0.05, 0.1) is 24.5 Å². The van der Waals surface area contributed by atoms with Gasteiger partial charge in [0.15, 0.2) is 5.78 Å². The molecule has 1 N–H and O–H groups in total. The Morgan fingerprint density at radius 1 is 1.21 bits per heavy atom. The second-order valence-corrected chi connectivity index (χ2v) is 7.01. The van der Waals surface area contributed by atoms with Crippen LogP contribution < -0.4 is 15.6 Å². The molecule has 1 saturated carbocycles. The van der Waals surface area contributed by atoms with Gasteiger partial charge in [-0.2, -0.15) is 0 Å². The summed E-state index contributed by atoms with van der Waals surface area (Å²) in [4.78, 5) is 37.2. The minimum atomic E-state index is -0.249. The SMILES string of the molecule is Cn1c(NCC(=O)c2ccc(OCC3CC3)cc2)nc(-c2ccncn2)cc1=O. The zero-order chi connectivity index (χ0) is 20.2. The highest BCUT2D eigenvalue weighted by Crippen LogP contribution is 2.29. The Bertz CT molecular complexity index is 1060. The summed E-state index contributed by atoms with van der Waals surface area (Å²) >= 11 is 0. The van der Waals surface area contributed by atoms with E-state index in [1.54, 1.807) is 43.6 Å². The number of carbonyl (C=O) groups is 1. The van der Waals surface area contributed by atoms with Gasteiger partial charge in [0.1, 0.15) is 12.1 Å². The monoisotopic (exact) mass is 391 g/mol. The average Bonchev–Trinajstić information content (AvgIpc) is 3.58. The predicted octanol–water partition coefficient (Wildman–Crippen LogP) is 2.32. The number of Topliss-reactive ketones (excluding diaryl/α,β-unsaturated/α-hetero) is 1. The minimum absolute atomic E-state index is 0.00971. The van der Waals surface area contributed by atoms with Crippen molar-refractivity contribution in [2.24, 2.45) is 13.0 Å². The summed E-state index contributed by atoms with van der Waals surface area (Å²) in [6.07, 6.45) is 5.44. The summed E-state index contributed by atoms with van der Waals surface area (Å²) < 4.78 is 7.05. The predicted molar refractivity (Wildman–Crippen MR) is 108 cm³/mol. The molecule has 3 aromatic rings. The van der Waals surface area contributed by atoms with E-state index in [1.165, 1.54) is 29.8 Å². The van der Waals surface area contributed by atoms with Crippen molar-refractivity contribution in [3.8, 4) is 17.1 Å². The summed E-state index contributed by atoms with van der Waals surface area (Å²) in [5, 5.41) is 2.95. The molecule has 1 aliphatic rings. The maximum absolute atomic E-state index is 12.5. The summed E-state index contributed by atoms with van der Waals surface area (Å²) in [5.74, 6) is 1.63. The summed E-state index contributed by atoms with van der Waals surface area (Å²) in [6, 6.07) is 10.2. The lowest BCUT2D eigenvalue weighted by Gasteiger charge is -2.11. The van der Waals surface area contributed by atoms with E-state index < -0.39 is 0 Å². The minimum Gasteiger partial charge on any atom is -0.493 e. The van der Waals surface area contributed by atoms with E-state index in [0.29, 0.717) is 28.8 Å².